The van der Waals surface area contributed by atoms with Gasteiger partial charge in [-0.2, -0.15) is 0 Å². The fourth-order valence-electron chi connectivity index (χ4n) is 0.949. The van der Waals surface area contributed by atoms with E-state index in [2.05, 4.69) is 5.32 Å². The van der Waals surface area contributed by atoms with Crippen LogP contribution in [0.4, 0.5) is 5.00 Å². The third-order valence-corrected chi connectivity index (χ3v) is 2.90. The lowest BCUT2D eigenvalue weighted by Gasteiger charge is -2.09. The van der Waals surface area contributed by atoms with Crippen molar-refractivity contribution in [2.45, 2.75) is 26.3 Å². The van der Waals surface area contributed by atoms with Crippen LogP contribution in [0.3, 0.4) is 0 Å². The maximum absolute atomic E-state index is 11.5. The summed E-state index contributed by atoms with van der Waals surface area (Å²) in [6, 6.07) is 1.37. The van der Waals surface area contributed by atoms with Crippen molar-refractivity contribution in [3.63, 3.8) is 0 Å². The van der Waals surface area contributed by atoms with E-state index in [9.17, 15) is 14.9 Å². The molecule has 82 valence electrons. The number of rotatable bonds is 4. The molecule has 0 aliphatic rings. The fourth-order valence-corrected chi connectivity index (χ4v) is 1.65. The zero-order valence-electron chi connectivity index (χ0n) is 8.52. The van der Waals surface area contributed by atoms with Gasteiger partial charge in [-0.15, -0.1) is 0 Å². The second-order valence-electron chi connectivity index (χ2n) is 3.21. The smallest absolute Gasteiger partial charge is 0.324 e. The molecule has 0 bridgehead atoms. The number of nitrogens with zero attached hydrogens (tertiary/aromatic N) is 1. The van der Waals surface area contributed by atoms with E-state index in [0.29, 0.717) is 5.56 Å². The number of carbonyl (C=O) groups excluding carboxylic acids is 1. The average molecular weight is 228 g/mol. The van der Waals surface area contributed by atoms with Crippen molar-refractivity contribution in [2.75, 3.05) is 0 Å². The summed E-state index contributed by atoms with van der Waals surface area (Å²) in [7, 11) is 0. The normalized spacial score (nSPS) is 12.1. The SMILES string of the molecule is CCC(C)NC(=O)c1csc([N+](=O)[O-])c1. The minimum Gasteiger partial charge on any atom is -0.350 e. The highest BCUT2D eigenvalue weighted by atomic mass is 32.1. The van der Waals surface area contributed by atoms with Gasteiger partial charge in [0.05, 0.1) is 10.5 Å². The lowest BCUT2D eigenvalue weighted by Crippen LogP contribution is -2.31. The first-order valence-electron chi connectivity index (χ1n) is 4.58. The van der Waals surface area contributed by atoms with Crippen LogP contribution in [0.5, 0.6) is 0 Å². The van der Waals surface area contributed by atoms with Crippen LogP contribution in [-0.4, -0.2) is 16.9 Å². The van der Waals surface area contributed by atoms with Crippen LogP contribution >= 0.6 is 11.3 Å². The minimum absolute atomic E-state index is 0.00991. The Labute approximate surface area is 91.3 Å². The molecule has 1 rings (SSSR count). The Bertz CT molecular complexity index is 375. The van der Waals surface area contributed by atoms with Gasteiger partial charge in [-0.1, -0.05) is 18.3 Å². The van der Waals surface area contributed by atoms with E-state index in [1.807, 2.05) is 13.8 Å². The number of hydrogen-bond acceptors (Lipinski definition) is 4. The monoisotopic (exact) mass is 228 g/mol. The van der Waals surface area contributed by atoms with E-state index >= 15 is 0 Å². The summed E-state index contributed by atoms with van der Waals surface area (Å²) in [6.07, 6.45) is 0.831. The van der Waals surface area contributed by atoms with E-state index in [0.717, 1.165) is 17.8 Å². The van der Waals surface area contributed by atoms with Gasteiger partial charge in [0, 0.05) is 17.5 Å². The third-order valence-electron chi connectivity index (χ3n) is 2.02. The van der Waals surface area contributed by atoms with Crippen LogP contribution in [-0.2, 0) is 0 Å². The molecule has 5 nitrogen and oxygen atoms in total. The fraction of sp³-hybridized carbons (Fsp3) is 0.444. The first-order chi connectivity index (χ1) is 7.04. The number of nitro groups is 1. The van der Waals surface area contributed by atoms with Crippen LogP contribution in [0.2, 0.25) is 0 Å². The topological polar surface area (TPSA) is 72.2 Å². The first-order valence-corrected chi connectivity index (χ1v) is 5.46. The lowest BCUT2D eigenvalue weighted by molar-refractivity contribution is -0.380. The van der Waals surface area contributed by atoms with Crippen molar-refractivity contribution in [1.29, 1.82) is 0 Å². The van der Waals surface area contributed by atoms with Gasteiger partial charge in [-0.05, 0) is 13.3 Å². The second-order valence-corrected chi connectivity index (χ2v) is 4.10. The Kier molecular flexibility index (Phi) is 3.79. The standard InChI is InChI=1S/C9H12N2O3S/c1-3-6(2)10-9(12)7-4-8(11(13)14)15-5-7/h4-6H,3H2,1-2H3,(H,10,12). The summed E-state index contributed by atoms with van der Waals surface area (Å²) in [5.41, 5.74) is 0.354. The van der Waals surface area contributed by atoms with Crippen LogP contribution < -0.4 is 5.32 Å². The Morgan fingerprint density at radius 1 is 1.73 bits per heavy atom. The Balaban J connectivity index is 2.70. The van der Waals surface area contributed by atoms with Crippen molar-refractivity contribution >= 4 is 22.2 Å². The van der Waals surface area contributed by atoms with Gasteiger partial charge < -0.3 is 5.32 Å². The molecule has 1 atom stereocenters. The molecule has 1 N–H and O–H groups in total. The molecule has 1 amide bonds. The van der Waals surface area contributed by atoms with Crippen molar-refractivity contribution in [2.24, 2.45) is 0 Å². The molecule has 0 spiro atoms. The van der Waals surface area contributed by atoms with E-state index in [1.165, 1.54) is 11.4 Å². The zero-order chi connectivity index (χ0) is 11.4. The number of hydrogen-bond donors (Lipinski definition) is 1. The minimum atomic E-state index is -0.495. The Morgan fingerprint density at radius 2 is 2.40 bits per heavy atom. The number of nitrogens with one attached hydrogen (secondary N) is 1. The van der Waals surface area contributed by atoms with Crippen molar-refractivity contribution in [3.8, 4) is 0 Å². The number of carbonyl (C=O) groups is 1. The largest absolute Gasteiger partial charge is 0.350 e. The molecule has 0 saturated heterocycles. The molecular formula is C9H12N2O3S. The van der Waals surface area contributed by atoms with Crippen LogP contribution in [0, 0.1) is 10.1 Å². The van der Waals surface area contributed by atoms with E-state index in [-0.39, 0.29) is 17.0 Å². The van der Waals surface area contributed by atoms with Gasteiger partial charge in [0.1, 0.15) is 0 Å². The summed E-state index contributed by atoms with van der Waals surface area (Å²) in [5, 5.41) is 14.6. The molecular weight excluding hydrogens is 216 g/mol. The van der Waals surface area contributed by atoms with E-state index in [1.54, 1.807) is 0 Å². The van der Waals surface area contributed by atoms with Crippen molar-refractivity contribution in [3.05, 3.63) is 27.1 Å². The summed E-state index contributed by atoms with van der Waals surface area (Å²) >= 11 is 0.961. The Hall–Kier alpha value is -1.43. The number of thiophene rings is 1. The summed E-state index contributed by atoms with van der Waals surface area (Å²) in [6.45, 7) is 3.85. The summed E-state index contributed by atoms with van der Waals surface area (Å²) < 4.78 is 0. The zero-order valence-corrected chi connectivity index (χ0v) is 9.34. The van der Waals surface area contributed by atoms with E-state index in [4.69, 9.17) is 0 Å². The molecule has 0 saturated carbocycles. The van der Waals surface area contributed by atoms with Gasteiger partial charge in [-0.3, -0.25) is 14.9 Å². The van der Waals surface area contributed by atoms with Gasteiger partial charge in [0.15, 0.2) is 0 Å². The highest BCUT2D eigenvalue weighted by Gasteiger charge is 2.15. The van der Waals surface area contributed by atoms with Gasteiger partial charge in [0.25, 0.3) is 5.91 Å². The molecule has 1 aromatic heterocycles. The third kappa shape index (κ3) is 3.02. The van der Waals surface area contributed by atoms with Gasteiger partial charge in [0.2, 0.25) is 0 Å². The molecule has 0 aromatic carbocycles. The highest BCUT2D eigenvalue weighted by Crippen LogP contribution is 2.22. The van der Waals surface area contributed by atoms with Gasteiger partial charge in [-0.25, -0.2) is 0 Å². The van der Waals surface area contributed by atoms with E-state index < -0.39 is 4.92 Å². The van der Waals surface area contributed by atoms with Crippen LogP contribution in [0.25, 0.3) is 0 Å². The molecule has 0 radical (unpaired) electrons. The first kappa shape index (κ1) is 11.6. The van der Waals surface area contributed by atoms with Crippen molar-refractivity contribution < 1.29 is 9.72 Å². The highest BCUT2D eigenvalue weighted by molar-refractivity contribution is 7.13. The predicted octanol–water partition coefficient (Wildman–Crippen LogP) is 2.18. The maximum Gasteiger partial charge on any atom is 0.324 e. The predicted molar refractivity (Wildman–Crippen MR) is 58.2 cm³/mol. The molecule has 0 aliphatic carbocycles. The lowest BCUT2D eigenvalue weighted by atomic mass is 10.2. The molecule has 0 fully saturated rings. The maximum atomic E-state index is 11.5. The molecule has 0 aliphatic heterocycles. The summed E-state index contributed by atoms with van der Waals surface area (Å²) in [4.78, 5) is 21.4. The molecule has 1 unspecified atom stereocenters. The van der Waals surface area contributed by atoms with Crippen molar-refractivity contribution in [1.82, 2.24) is 5.32 Å². The molecule has 1 heterocycles. The molecule has 1 aromatic rings. The number of amides is 1. The van der Waals surface area contributed by atoms with Gasteiger partial charge >= 0.3 is 5.00 Å². The average Bonchev–Trinajstić information content (AvgIpc) is 2.66. The van der Waals surface area contributed by atoms with Crippen LogP contribution in [0.1, 0.15) is 30.6 Å². The second kappa shape index (κ2) is 4.88. The summed E-state index contributed by atoms with van der Waals surface area (Å²) in [5.74, 6) is -0.256. The molecule has 15 heavy (non-hydrogen) atoms. The Morgan fingerprint density at radius 3 is 2.87 bits per heavy atom. The van der Waals surface area contributed by atoms with Crippen LogP contribution in [0.15, 0.2) is 11.4 Å². The molecule has 6 heteroatoms. The quantitative estimate of drug-likeness (QED) is 0.634.